The molecule has 1 aromatic rings. The number of carboxylic acid groups (broad SMARTS) is 1. The molecule has 7 unspecified atom stereocenters. The Kier molecular flexibility index (Phi) is 7.65. The lowest BCUT2D eigenvalue weighted by Crippen LogP contribution is -2.66. The smallest absolute Gasteiger partial charge is 0.330 e. The van der Waals surface area contributed by atoms with Crippen LogP contribution in [0.2, 0.25) is 0 Å². The highest BCUT2D eigenvalue weighted by Crippen LogP contribution is 2.75. The van der Waals surface area contributed by atoms with Crippen molar-refractivity contribution in [3.8, 4) is 11.5 Å². The van der Waals surface area contributed by atoms with Crippen LogP contribution in [-0.2, 0) is 19.1 Å². The Balaban J connectivity index is 1.41. The van der Waals surface area contributed by atoms with Crippen molar-refractivity contribution in [2.75, 3.05) is 6.61 Å². The zero-order valence-electron chi connectivity index (χ0n) is 28.4. The quantitative estimate of drug-likeness (QED) is 0.130. The van der Waals surface area contributed by atoms with Crippen LogP contribution in [0.1, 0.15) is 111 Å². The van der Waals surface area contributed by atoms with Gasteiger partial charge >= 0.3 is 11.9 Å². The minimum atomic E-state index is -0.806. The number of allylic oxidation sites excluding steroid dienone is 1. The van der Waals surface area contributed by atoms with Crippen LogP contribution in [0.15, 0.2) is 35.9 Å². The number of ether oxygens (including phenoxy) is 1. The molecule has 0 aliphatic heterocycles. The van der Waals surface area contributed by atoms with E-state index < -0.39 is 22.8 Å². The second-order valence-electron chi connectivity index (χ2n) is 17.3. The third-order valence-corrected chi connectivity index (χ3v) is 14.4. The number of phenolic OH excluding ortho intramolecular Hbond substituents is 2. The molecule has 5 aliphatic rings. The molecule has 7 atom stereocenters. The molecule has 1 aromatic carbocycles. The molecule has 250 valence electrons. The summed E-state index contributed by atoms with van der Waals surface area (Å²) in [5, 5.41) is 30.3. The highest BCUT2D eigenvalue weighted by atomic mass is 16.5. The molecule has 7 nitrogen and oxygen atoms in total. The van der Waals surface area contributed by atoms with Crippen molar-refractivity contribution < 1.29 is 34.4 Å². The van der Waals surface area contributed by atoms with Gasteiger partial charge in [0.25, 0.3) is 0 Å². The highest BCUT2D eigenvalue weighted by Gasteiger charge is 2.71. The number of carboxylic acids is 1. The van der Waals surface area contributed by atoms with Gasteiger partial charge < -0.3 is 20.1 Å². The molecule has 7 heteroatoms. The largest absolute Gasteiger partial charge is 0.504 e. The summed E-state index contributed by atoms with van der Waals surface area (Å²) in [5.41, 5.74) is -0.228. The minimum absolute atomic E-state index is 0.0117. The van der Waals surface area contributed by atoms with Crippen LogP contribution >= 0.6 is 0 Å². The molecule has 4 fully saturated rings. The van der Waals surface area contributed by atoms with Gasteiger partial charge in [0, 0.05) is 23.3 Å². The van der Waals surface area contributed by atoms with E-state index in [-0.39, 0.29) is 57.5 Å². The van der Waals surface area contributed by atoms with E-state index in [0.29, 0.717) is 37.0 Å². The Morgan fingerprint density at radius 3 is 2.35 bits per heavy atom. The van der Waals surface area contributed by atoms with Gasteiger partial charge in [-0.3, -0.25) is 9.59 Å². The van der Waals surface area contributed by atoms with Gasteiger partial charge in [-0.25, -0.2) is 4.79 Å². The van der Waals surface area contributed by atoms with Crippen LogP contribution in [0.25, 0.3) is 6.08 Å². The summed E-state index contributed by atoms with van der Waals surface area (Å²) < 4.78 is 6.20. The van der Waals surface area contributed by atoms with Crippen LogP contribution in [0.3, 0.4) is 0 Å². The Bertz CT molecular complexity index is 1520. The lowest BCUT2D eigenvalue weighted by atomic mass is 9.33. The fourth-order valence-electron chi connectivity index (χ4n) is 11.6. The molecule has 3 N–H and O–H groups in total. The number of fused-ring (bicyclic) bond motifs is 7. The summed E-state index contributed by atoms with van der Waals surface area (Å²) in [6.45, 7) is 13.7. The number of rotatable bonds is 5. The maximum atomic E-state index is 13.3. The molecule has 0 saturated heterocycles. The van der Waals surface area contributed by atoms with Gasteiger partial charge in [0.1, 0.15) is 12.4 Å². The zero-order chi connectivity index (χ0) is 33.5. The van der Waals surface area contributed by atoms with Gasteiger partial charge in [-0.05, 0) is 116 Å². The number of aliphatic carboxylic acids is 1. The van der Waals surface area contributed by atoms with E-state index in [1.54, 1.807) is 12.1 Å². The fourth-order valence-corrected chi connectivity index (χ4v) is 11.6. The Labute approximate surface area is 273 Å². The summed E-state index contributed by atoms with van der Waals surface area (Å²) in [4.78, 5) is 39.7. The maximum absolute atomic E-state index is 13.3. The van der Waals surface area contributed by atoms with Crippen LogP contribution in [0, 0.1) is 50.2 Å². The van der Waals surface area contributed by atoms with Crippen molar-refractivity contribution in [1.82, 2.24) is 0 Å². The van der Waals surface area contributed by atoms with E-state index in [1.165, 1.54) is 23.8 Å². The van der Waals surface area contributed by atoms with Gasteiger partial charge in [-0.1, -0.05) is 59.3 Å². The number of carbonyl (C=O) groups is 3. The van der Waals surface area contributed by atoms with Crippen LogP contribution in [-0.4, -0.2) is 39.6 Å². The summed E-state index contributed by atoms with van der Waals surface area (Å²) >= 11 is 0. The molecular weight excluding hydrogens is 580 g/mol. The number of carbonyl (C=O) groups excluding carboxylic acids is 2. The third kappa shape index (κ3) is 4.69. The summed E-state index contributed by atoms with van der Waals surface area (Å²) in [6, 6.07) is 4.37. The zero-order valence-corrected chi connectivity index (χ0v) is 28.4. The topological polar surface area (TPSA) is 121 Å². The number of esters is 1. The Morgan fingerprint density at radius 1 is 0.935 bits per heavy atom. The molecule has 4 saturated carbocycles. The van der Waals surface area contributed by atoms with E-state index in [1.807, 2.05) is 0 Å². The van der Waals surface area contributed by atoms with Gasteiger partial charge in [0.05, 0.1) is 5.41 Å². The first-order chi connectivity index (χ1) is 21.4. The van der Waals surface area contributed by atoms with Crippen molar-refractivity contribution in [3.05, 3.63) is 41.5 Å². The molecule has 0 amide bonds. The number of ketones is 1. The van der Waals surface area contributed by atoms with Gasteiger partial charge in [-0.2, -0.15) is 0 Å². The van der Waals surface area contributed by atoms with Crippen LogP contribution < -0.4 is 0 Å². The molecule has 5 aliphatic carbocycles. The fraction of sp³-hybridized carbons (Fsp3) is 0.667. The maximum Gasteiger partial charge on any atom is 0.330 e. The van der Waals surface area contributed by atoms with E-state index in [4.69, 9.17) is 4.74 Å². The SMILES string of the molecule is CC1(C)CCC2(C(=O)O)CCC3(COC(=O)C=Cc4ccc(O)c(O)c4)C(=CCC4C5(C)CCC(=O)C(C)(C)C5CCC43C)C2C1. The van der Waals surface area contributed by atoms with Crippen molar-refractivity contribution >= 4 is 23.8 Å². The molecule has 0 radical (unpaired) electrons. The minimum Gasteiger partial charge on any atom is -0.504 e. The number of aromatic hydroxyl groups is 2. The Morgan fingerprint density at radius 2 is 1.65 bits per heavy atom. The van der Waals surface area contributed by atoms with Crippen molar-refractivity contribution in [1.29, 1.82) is 0 Å². The first-order valence-electron chi connectivity index (χ1n) is 17.3. The number of hydrogen-bond donors (Lipinski definition) is 3. The summed E-state index contributed by atoms with van der Waals surface area (Å²) in [6.07, 6.45) is 13.0. The normalized spacial score (nSPS) is 39.3. The van der Waals surface area contributed by atoms with Crippen LogP contribution in [0.5, 0.6) is 11.5 Å². The first kappa shape index (κ1) is 32.8. The summed E-state index contributed by atoms with van der Waals surface area (Å²) in [5.74, 6) is -0.896. The third-order valence-electron chi connectivity index (χ3n) is 14.4. The lowest BCUT2D eigenvalue weighted by molar-refractivity contribution is -0.202. The average Bonchev–Trinajstić information content (AvgIpc) is 2.98. The van der Waals surface area contributed by atoms with Crippen molar-refractivity contribution in [3.63, 3.8) is 0 Å². The summed E-state index contributed by atoms with van der Waals surface area (Å²) in [7, 11) is 0. The van der Waals surface area contributed by atoms with Crippen molar-refractivity contribution in [2.24, 2.45) is 50.2 Å². The monoisotopic (exact) mass is 632 g/mol. The van der Waals surface area contributed by atoms with E-state index in [9.17, 15) is 29.7 Å². The highest BCUT2D eigenvalue weighted by molar-refractivity contribution is 5.87. The second-order valence-corrected chi connectivity index (χ2v) is 17.3. The molecule has 0 bridgehead atoms. The first-order valence-corrected chi connectivity index (χ1v) is 17.3. The van der Waals surface area contributed by atoms with E-state index >= 15 is 0 Å². The second kappa shape index (κ2) is 10.7. The predicted molar refractivity (Wildman–Crippen MR) is 176 cm³/mol. The average molecular weight is 633 g/mol. The molecule has 0 aromatic heterocycles. The van der Waals surface area contributed by atoms with E-state index in [0.717, 1.165) is 38.5 Å². The standard InChI is InChI=1S/C39H52O7/c1-34(2)17-18-38(33(44)45)19-20-39(23-46-32(43)12-8-24-7-10-27(40)28(41)21-24)25(26(38)22-34)9-11-30-36(5)15-14-31(42)35(3,4)29(36)13-16-37(30,39)6/h7-10,12,21,26,29-30,40-41H,11,13-20,22-23H2,1-6H3,(H,44,45). The predicted octanol–water partition coefficient (Wildman–Crippen LogP) is 8.09. The Hall–Kier alpha value is -3.09. The molecule has 6 rings (SSSR count). The van der Waals surface area contributed by atoms with Gasteiger partial charge in [0.2, 0.25) is 0 Å². The molecule has 46 heavy (non-hydrogen) atoms. The van der Waals surface area contributed by atoms with Crippen LogP contribution in [0.4, 0.5) is 0 Å². The van der Waals surface area contributed by atoms with Gasteiger partial charge in [0.15, 0.2) is 11.5 Å². The number of phenols is 2. The van der Waals surface area contributed by atoms with E-state index in [2.05, 4.69) is 47.6 Å². The number of hydrogen-bond acceptors (Lipinski definition) is 6. The molecular formula is C39H52O7. The molecule has 0 heterocycles. The lowest BCUT2D eigenvalue weighted by Gasteiger charge is -2.70. The number of Topliss-reactive ketones (excluding diaryl/α,β-unsaturated/α-hetero) is 1. The number of benzene rings is 1. The van der Waals surface area contributed by atoms with Crippen molar-refractivity contribution in [2.45, 2.75) is 106 Å². The molecule has 0 spiro atoms. The van der Waals surface area contributed by atoms with Gasteiger partial charge in [-0.15, -0.1) is 0 Å².